The molecule has 0 bridgehead atoms. The second-order valence-electron chi connectivity index (χ2n) is 4.71. The van der Waals surface area contributed by atoms with E-state index >= 15 is 0 Å². The number of carbonyl (C=O) groups is 2. The first kappa shape index (κ1) is 15.3. The summed E-state index contributed by atoms with van der Waals surface area (Å²) in [6.07, 6.45) is 0. The van der Waals surface area contributed by atoms with Crippen LogP contribution in [-0.4, -0.2) is 61.2 Å². The van der Waals surface area contributed by atoms with Crippen molar-refractivity contribution in [1.82, 2.24) is 10.2 Å². The van der Waals surface area contributed by atoms with Crippen LogP contribution in [0.2, 0.25) is 0 Å². The number of phenols is 1. The van der Waals surface area contributed by atoms with Gasteiger partial charge in [-0.05, 0) is 12.1 Å². The molecule has 1 aromatic rings. The van der Waals surface area contributed by atoms with Crippen LogP contribution < -0.4 is 10.6 Å². The van der Waals surface area contributed by atoms with Gasteiger partial charge in [-0.25, -0.2) is 0 Å². The molecule has 0 radical (unpaired) electrons. The Morgan fingerprint density at radius 2 is 2.00 bits per heavy atom. The van der Waals surface area contributed by atoms with Crippen molar-refractivity contribution in [2.24, 2.45) is 0 Å². The molecule has 21 heavy (non-hydrogen) atoms. The van der Waals surface area contributed by atoms with E-state index in [0.29, 0.717) is 32.0 Å². The highest BCUT2D eigenvalue weighted by atomic mass is 16.5. The number of amides is 2. The van der Waals surface area contributed by atoms with Crippen LogP contribution in [0.5, 0.6) is 5.75 Å². The van der Waals surface area contributed by atoms with E-state index in [4.69, 9.17) is 4.74 Å². The van der Waals surface area contributed by atoms with E-state index < -0.39 is 11.8 Å². The van der Waals surface area contributed by atoms with E-state index in [0.717, 1.165) is 13.1 Å². The fraction of sp³-hybridized carbons (Fsp3) is 0.429. The molecule has 1 aliphatic heterocycles. The van der Waals surface area contributed by atoms with Crippen molar-refractivity contribution in [1.29, 1.82) is 0 Å². The number of nitrogens with zero attached hydrogens (tertiary/aromatic N) is 1. The van der Waals surface area contributed by atoms with E-state index in [9.17, 15) is 14.7 Å². The third-order valence-corrected chi connectivity index (χ3v) is 3.13. The van der Waals surface area contributed by atoms with Crippen LogP contribution in [0.1, 0.15) is 0 Å². The number of phenolic OH excluding ortho intramolecular Hbond substituents is 1. The Hall–Kier alpha value is -2.12. The van der Waals surface area contributed by atoms with Gasteiger partial charge in [-0.2, -0.15) is 0 Å². The molecule has 7 heteroatoms. The van der Waals surface area contributed by atoms with Gasteiger partial charge in [0, 0.05) is 37.9 Å². The predicted molar refractivity (Wildman–Crippen MR) is 77.0 cm³/mol. The molecule has 1 aliphatic rings. The Kier molecular flexibility index (Phi) is 5.53. The van der Waals surface area contributed by atoms with Gasteiger partial charge in [0.15, 0.2) is 0 Å². The van der Waals surface area contributed by atoms with Gasteiger partial charge in [0.2, 0.25) is 0 Å². The highest BCUT2D eigenvalue weighted by Crippen LogP contribution is 2.14. The van der Waals surface area contributed by atoms with Crippen LogP contribution in [0, 0.1) is 0 Å². The van der Waals surface area contributed by atoms with Gasteiger partial charge in [-0.15, -0.1) is 0 Å². The zero-order valence-electron chi connectivity index (χ0n) is 11.7. The summed E-state index contributed by atoms with van der Waals surface area (Å²) in [5.74, 6) is -1.41. The van der Waals surface area contributed by atoms with Crippen molar-refractivity contribution in [2.45, 2.75) is 0 Å². The fourth-order valence-corrected chi connectivity index (χ4v) is 2.00. The van der Waals surface area contributed by atoms with Crippen LogP contribution in [0.3, 0.4) is 0 Å². The second kappa shape index (κ2) is 7.61. The smallest absolute Gasteiger partial charge is 0.313 e. The molecule has 0 saturated carbocycles. The van der Waals surface area contributed by atoms with Crippen LogP contribution in [0.25, 0.3) is 0 Å². The fourth-order valence-electron chi connectivity index (χ4n) is 2.00. The summed E-state index contributed by atoms with van der Waals surface area (Å²) < 4.78 is 5.23. The Labute approximate surface area is 122 Å². The first-order valence-electron chi connectivity index (χ1n) is 6.83. The quantitative estimate of drug-likeness (QED) is 0.668. The van der Waals surface area contributed by atoms with E-state index in [1.165, 1.54) is 12.1 Å². The largest absolute Gasteiger partial charge is 0.508 e. The van der Waals surface area contributed by atoms with E-state index in [-0.39, 0.29) is 5.75 Å². The van der Waals surface area contributed by atoms with Gasteiger partial charge in [0.1, 0.15) is 5.75 Å². The lowest BCUT2D eigenvalue weighted by atomic mass is 10.3. The number of aromatic hydroxyl groups is 1. The number of hydrogen-bond donors (Lipinski definition) is 3. The number of morpholine rings is 1. The van der Waals surface area contributed by atoms with Gasteiger partial charge in [-0.1, -0.05) is 6.07 Å². The topological polar surface area (TPSA) is 90.9 Å². The number of nitrogens with one attached hydrogen (secondary N) is 2. The summed E-state index contributed by atoms with van der Waals surface area (Å²) in [5.41, 5.74) is 0.378. The highest BCUT2D eigenvalue weighted by Gasteiger charge is 2.15. The van der Waals surface area contributed by atoms with Crippen molar-refractivity contribution in [2.75, 3.05) is 44.7 Å². The minimum atomic E-state index is -0.748. The number of hydrogen-bond acceptors (Lipinski definition) is 5. The Morgan fingerprint density at radius 1 is 1.24 bits per heavy atom. The van der Waals surface area contributed by atoms with E-state index in [2.05, 4.69) is 15.5 Å². The summed E-state index contributed by atoms with van der Waals surface area (Å²) in [4.78, 5) is 25.5. The maximum atomic E-state index is 11.7. The molecule has 2 rings (SSSR count). The summed E-state index contributed by atoms with van der Waals surface area (Å²) in [6.45, 7) is 4.18. The molecule has 1 fully saturated rings. The third-order valence-electron chi connectivity index (χ3n) is 3.13. The molecule has 0 unspecified atom stereocenters. The molecular formula is C14H19N3O4. The van der Waals surface area contributed by atoms with Gasteiger partial charge >= 0.3 is 11.8 Å². The van der Waals surface area contributed by atoms with Gasteiger partial charge in [0.25, 0.3) is 0 Å². The molecule has 0 aromatic heterocycles. The summed E-state index contributed by atoms with van der Waals surface area (Å²) in [7, 11) is 0. The molecule has 0 aliphatic carbocycles. The average Bonchev–Trinajstić information content (AvgIpc) is 2.48. The van der Waals surface area contributed by atoms with Gasteiger partial charge in [0.05, 0.1) is 13.2 Å². The molecule has 1 aromatic carbocycles. The molecule has 7 nitrogen and oxygen atoms in total. The summed E-state index contributed by atoms with van der Waals surface area (Å²) in [5, 5.41) is 14.3. The van der Waals surface area contributed by atoms with E-state index in [1.54, 1.807) is 12.1 Å². The summed E-state index contributed by atoms with van der Waals surface area (Å²) in [6, 6.07) is 6.04. The number of ether oxygens (including phenoxy) is 1. The lowest BCUT2D eigenvalue weighted by Crippen LogP contribution is -2.43. The van der Waals surface area contributed by atoms with Crippen molar-refractivity contribution >= 4 is 17.5 Å². The maximum Gasteiger partial charge on any atom is 0.313 e. The molecule has 2 amide bonds. The number of carbonyl (C=O) groups excluding carboxylic acids is 2. The van der Waals surface area contributed by atoms with E-state index in [1.807, 2.05) is 0 Å². The number of benzene rings is 1. The summed E-state index contributed by atoms with van der Waals surface area (Å²) >= 11 is 0. The zero-order chi connectivity index (χ0) is 15.1. The van der Waals surface area contributed by atoms with Crippen LogP contribution in [-0.2, 0) is 14.3 Å². The molecule has 3 N–H and O–H groups in total. The van der Waals surface area contributed by atoms with Gasteiger partial charge < -0.3 is 20.5 Å². The molecule has 1 saturated heterocycles. The number of rotatable bonds is 4. The Morgan fingerprint density at radius 3 is 2.71 bits per heavy atom. The molecule has 1 heterocycles. The number of anilines is 1. The second-order valence-corrected chi connectivity index (χ2v) is 4.71. The SMILES string of the molecule is O=C(NCCN1CCOCC1)C(=O)Nc1cccc(O)c1. The zero-order valence-corrected chi connectivity index (χ0v) is 11.7. The molecule has 0 atom stereocenters. The maximum absolute atomic E-state index is 11.7. The minimum absolute atomic E-state index is 0.0283. The first-order chi connectivity index (χ1) is 10.1. The minimum Gasteiger partial charge on any atom is -0.508 e. The van der Waals surface area contributed by atoms with Crippen LogP contribution in [0.4, 0.5) is 5.69 Å². The van der Waals surface area contributed by atoms with Crippen LogP contribution in [0.15, 0.2) is 24.3 Å². The lowest BCUT2D eigenvalue weighted by Gasteiger charge is -2.26. The highest BCUT2D eigenvalue weighted by molar-refractivity contribution is 6.39. The van der Waals surface area contributed by atoms with Crippen LogP contribution >= 0.6 is 0 Å². The van der Waals surface area contributed by atoms with Crippen molar-refractivity contribution in [3.8, 4) is 5.75 Å². The standard InChI is InChI=1S/C14H19N3O4/c18-12-3-1-2-11(10-12)16-14(20)13(19)15-4-5-17-6-8-21-9-7-17/h1-3,10,18H,4-9H2,(H,15,19)(H,16,20). The Balaban J connectivity index is 1.71. The Bertz CT molecular complexity index is 501. The van der Waals surface area contributed by atoms with Crippen molar-refractivity contribution < 1.29 is 19.4 Å². The molecule has 0 spiro atoms. The molecule has 114 valence electrons. The first-order valence-corrected chi connectivity index (χ1v) is 6.83. The van der Waals surface area contributed by atoms with Crippen molar-refractivity contribution in [3.05, 3.63) is 24.3 Å². The van der Waals surface area contributed by atoms with Crippen molar-refractivity contribution in [3.63, 3.8) is 0 Å². The third kappa shape index (κ3) is 5.05. The van der Waals surface area contributed by atoms with Gasteiger partial charge in [-0.3, -0.25) is 14.5 Å². The lowest BCUT2D eigenvalue weighted by molar-refractivity contribution is -0.136. The normalized spacial score (nSPS) is 15.4. The average molecular weight is 293 g/mol. The monoisotopic (exact) mass is 293 g/mol. The predicted octanol–water partition coefficient (Wildman–Crippen LogP) is -0.221. The molecular weight excluding hydrogens is 274 g/mol.